The zero-order valence-corrected chi connectivity index (χ0v) is 12.9. The molecular formula is C13H22N2OS2. The van der Waals surface area contributed by atoms with Crippen LogP contribution < -0.4 is 5.32 Å². The van der Waals surface area contributed by atoms with Gasteiger partial charge in [-0.3, -0.25) is 0 Å². The summed E-state index contributed by atoms with van der Waals surface area (Å²) >= 11 is 3.57. The molecule has 0 saturated carbocycles. The van der Waals surface area contributed by atoms with E-state index < -0.39 is 0 Å². The van der Waals surface area contributed by atoms with Crippen LogP contribution >= 0.6 is 23.1 Å². The van der Waals surface area contributed by atoms with E-state index in [-0.39, 0.29) is 17.9 Å². The minimum absolute atomic E-state index is 0.219. The van der Waals surface area contributed by atoms with Gasteiger partial charge in [0.1, 0.15) is 5.01 Å². The van der Waals surface area contributed by atoms with Gasteiger partial charge in [-0.25, -0.2) is 4.98 Å². The molecule has 1 aromatic heterocycles. The Balaban J connectivity index is 1.96. The molecule has 3 nitrogen and oxygen atoms in total. The molecule has 0 spiro atoms. The van der Waals surface area contributed by atoms with E-state index in [1.807, 2.05) is 17.6 Å². The zero-order valence-electron chi connectivity index (χ0n) is 11.3. The van der Waals surface area contributed by atoms with Gasteiger partial charge in [0.15, 0.2) is 0 Å². The van der Waals surface area contributed by atoms with Crippen molar-refractivity contribution in [2.75, 3.05) is 12.9 Å². The molecular weight excluding hydrogens is 264 g/mol. The fourth-order valence-corrected chi connectivity index (χ4v) is 4.21. The van der Waals surface area contributed by atoms with E-state index in [1.165, 1.54) is 28.4 Å². The van der Waals surface area contributed by atoms with Gasteiger partial charge in [0.2, 0.25) is 0 Å². The number of fused-ring (bicyclic) bond motifs is 1. The first-order valence-corrected chi connectivity index (χ1v) is 8.64. The van der Waals surface area contributed by atoms with Crippen LogP contribution in [-0.4, -0.2) is 34.2 Å². The van der Waals surface area contributed by atoms with Crippen LogP contribution in [0.5, 0.6) is 0 Å². The van der Waals surface area contributed by atoms with Crippen LogP contribution in [0, 0.1) is 0 Å². The van der Waals surface area contributed by atoms with Crippen LogP contribution in [0.3, 0.4) is 0 Å². The highest BCUT2D eigenvalue weighted by molar-refractivity contribution is 7.99. The standard InChI is InChI=1S/C13H22N2OS2/c1-8(12(7-16)17-3)14-9(2)13-15-10-5-4-6-11(10)18-13/h8-9,12,14,16H,4-7H2,1-3H3. The van der Waals surface area contributed by atoms with Gasteiger partial charge in [0.25, 0.3) is 0 Å². The average Bonchev–Trinajstić information content (AvgIpc) is 2.90. The van der Waals surface area contributed by atoms with Crippen molar-refractivity contribution >= 4 is 23.1 Å². The Hall–Kier alpha value is -0.100. The minimum Gasteiger partial charge on any atom is -0.395 e. The van der Waals surface area contributed by atoms with Crippen molar-refractivity contribution in [1.29, 1.82) is 0 Å². The van der Waals surface area contributed by atoms with Crippen molar-refractivity contribution in [3.63, 3.8) is 0 Å². The van der Waals surface area contributed by atoms with Crippen LogP contribution in [0.25, 0.3) is 0 Å². The largest absolute Gasteiger partial charge is 0.395 e. The van der Waals surface area contributed by atoms with Crippen molar-refractivity contribution in [3.05, 3.63) is 15.6 Å². The van der Waals surface area contributed by atoms with Gasteiger partial charge < -0.3 is 10.4 Å². The second kappa shape index (κ2) is 6.37. The summed E-state index contributed by atoms with van der Waals surface area (Å²) < 4.78 is 0. The number of nitrogens with one attached hydrogen (secondary N) is 1. The van der Waals surface area contributed by atoms with E-state index in [0.717, 1.165) is 6.42 Å². The molecule has 0 aromatic carbocycles. The molecule has 1 aliphatic rings. The lowest BCUT2D eigenvalue weighted by Gasteiger charge is -2.24. The summed E-state index contributed by atoms with van der Waals surface area (Å²) in [7, 11) is 0. The second-order valence-corrected chi connectivity index (χ2v) is 7.10. The molecule has 2 rings (SSSR count). The SMILES string of the molecule is CSC(CO)C(C)NC(C)c1nc2c(s1)CCC2. The van der Waals surface area contributed by atoms with E-state index in [9.17, 15) is 5.11 Å². The van der Waals surface area contributed by atoms with Crippen molar-refractivity contribution in [2.24, 2.45) is 0 Å². The molecule has 0 amide bonds. The number of hydrogen-bond acceptors (Lipinski definition) is 5. The average molecular weight is 286 g/mol. The number of aliphatic hydroxyl groups is 1. The highest BCUT2D eigenvalue weighted by Crippen LogP contribution is 2.30. The Kier molecular flexibility index (Phi) is 5.06. The van der Waals surface area contributed by atoms with E-state index >= 15 is 0 Å². The van der Waals surface area contributed by atoms with Gasteiger partial charge in [-0.1, -0.05) is 0 Å². The van der Waals surface area contributed by atoms with Crippen molar-refractivity contribution in [2.45, 2.75) is 50.4 Å². The monoisotopic (exact) mass is 286 g/mol. The number of thioether (sulfide) groups is 1. The highest BCUT2D eigenvalue weighted by atomic mass is 32.2. The Morgan fingerprint density at radius 1 is 1.44 bits per heavy atom. The molecule has 3 unspecified atom stereocenters. The molecule has 0 fully saturated rings. The number of thiazole rings is 1. The third-order valence-electron chi connectivity index (χ3n) is 3.54. The lowest BCUT2D eigenvalue weighted by molar-refractivity contribution is 0.271. The number of hydrogen-bond donors (Lipinski definition) is 2. The molecule has 2 N–H and O–H groups in total. The van der Waals surface area contributed by atoms with Crippen LogP contribution in [-0.2, 0) is 12.8 Å². The zero-order chi connectivity index (χ0) is 13.1. The van der Waals surface area contributed by atoms with Crippen molar-refractivity contribution in [3.8, 4) is 0 Å². The van der Waals surface area contributed by atoms with Gasteiger partial charge in [-0.15, -0.1) is 11.3 Å². The lowest BCUT2D eigenvalue weighted by Crippen LogP contribution is -2.38. The molecule has 5 heteroatoms. The smallest absolute Gasteiger partial charge is 0.110 e. The van der Waals surface area contributed by atoms with Crippen molar-refractivity contribution < 1.29 is 5.11 Å². The summed E-state index contributed by atoms with van der Waals surface area (Å²) in [6, 6.07) is 0.565. The summed E-state index contributed by atoms with van der Waals surface area (Å²) in [5.41, 5.74) is 1.32. The topological polar surface area (TPSA) is 45.1 Å². The predicted molar refractivity (Wildman–Crippen MR) is 79.5 cm³/mol. The lowest BCUT2D eigenvalue weighted by atomic mass is 10.2. The van der Waals surface area contributed by atoms with Gasteiger partial charge >= 0.3 is 0 Å². The molecule has 0 bridgehead atoms. The molecule has 0 aliphatic heterocycles. The normalized spacial score (nSPS) is 19.6. The number of aryl methyl sites for hydroxylation is 2. The number of aromatic nitrogens is 1. The minimum atomic E-state index is 0.219. The first-order chi connectivity index (χ1) is 8.65. The molecule has 0 saturated heterocycles. The highest BCUT2D eigenvalue weighted by Gasteiger charge is 2.22. The summed E-state index contributed by atoms with van der Waals surface area (Å²) in [5, 5.41) is 14.3. The van der Waals surface area contributed by atoms with Crippen LogP contribution in [0.2, 0.25) is 0 Å². The third kappa shape index (κ3) is 3.07. The quantitative estimate of drug-likeness (QED) is 0.843. The third-order valence-corrected chi connectivity index (χ3v) is 6.04. The van der Waals surface area contributed by atoms with E-state index in [2.05, 4.69) is 19.2 Å². The fraction of sp³-hybridized carbons (Fsp3) is 0.769. The van der Waals surface area contributed by atoms with Gasteiger partial charge in [0, 0.05) is 16.2 Å². The molecule has 1 aromatic rings. The van der Waals surface area contributed by atoms with Crippen LogP contribution in [0.1, 0.15) is 41.9 Å². The summed E-state index contributed by atoms with van der Waals surface area (Å²) in [6.45, 7) is 4.52. The van der Waals surface area contributed by atoms with Gasteiger partial charge in [0.05, 0.1) is 18.3 Å². The Morgan fingerprint density at radius 2 is 2.22 bits per heavy atom. The summed E-state index contributed by atoms with van der Waals surface area (Å²) in [4.78, 5) is 6.22. The maximum absolute atomic E-state index is 9.30. The van der Waals surface area contributed by atoms with E-state index in [1.54, 1.807) is 11.8 Å². The maximum Gasteiger partial charge on any atom is 0.110 e. The molecule has 102 valence electrons. The van der Waals surface area contributed by atoms with E-state index in [0.29, 0.717) is 6.04 Å². The molecule has 3 atom stereocenters. The number of aliphatic hydroxyl groups excluding tert-OH is 1. The summed E-state index contributed by atoms with van der Waals surface area (Å²) in [6.07, 6.45) is 5.67. The Morgan fingerprint density at radius 3 is 2.83 bits per heavy atom. The van der Waals surface area contributed by atoms with Gasteiger partial charge in [-0.05, 0) is 39.4 Å². The molecule has 1 heterocycles. The fourth-order valence-electron chi connectivity index (χ4n) is 2.41. The summed E-state index contributed by atoms with van der Waals surface area (Å²) in [5.74, 6) is 0. The number of rotatable bonds is 6. The first kappa shape index (κ1) is 14.3. The molecule has 18 heavy (non-hydrogen) atoms. The maximum atomic E-state index is 9.30. The van der Waals surface area contributed by atoms with E-state index in [4.69, 9.17) is 4.98 Å². The molecule has 1 aliphatic carbocycles. The predicted octanol–water partition coefficient (Wildman–Crippen LogP) is 2.39. The van der Waals surface area contributed by atoms with Crippen molar-refractivity contribution in [1.82, 2.24) is 10.3 Å². The molecule has 0 radical (unpaired) electrons. The Bertz CT molecular complexity index is 369. The van der Waals surface area contributed by atoms with Crippen LogP contribution in [0.4, 0.5) is 0 Å². The van der Waals surface area contributed by atoms with Crippen LogP contribution in [0.15, 0.2) is 0 Å². The first-order valence-electron chi connectivity index (χ1n) is 6.54. The van der Waals surface area contributed by atoms with Gasteiger partial charge in [-0.2, -0.15) is 11.8 Å². The number of nitrogens with zero attached hydrogens (tertiary/aromatic N) is 1. The second-order valence-electron chi connectivity index (χ2n) is 4.91. The Labute approximate surface area is 117 Å².